The lowest BCUT2D eigenvalue weighted by Crippen LogP contribution is -2.52. The zero-order chi connectivity index (χ0) is 15.6. The van der Waals surface area contributed by atoms with Gasteiger partial charge in [0.15, 0.2) is 0 Å². The van der Waals surface area contributed by atoms with Crippen molar-refractivity contribution in [1.82, 2.24) is 5.32 Å². The molecule has 2 rings (SSSR count). The van der Waals surface area contributed by atoms with E-state index >= 15 is 0 Å². The molecule has 4 heteroatoms. The van der Waals surface area contributed by atoms with Gasteiger partial charge in [0.2, 0.25) is 0 Å². The van der Waals surface area contributed by atoms with Crippen LogP contribution in [0.15, 0.2) is 18.2 Å². The minimum absolute atomic E-state index is 0.169. The van der Waals surface area contributed by atoms with Gasteiger partial charge in [0.05, 0.1) is 6.10 Å². The summed E-state index contributed by atoms with van der Waals surface area (Å²) in [5.74, 6) is 0.0208. The van der Waals surface area contributed by atoms with Crippen molar-refractivity contribution in [2.75, 3.05) is 0 Å². The first kappa shape index (κ1) is 15.8. The molecule has 1 aromatic rings. The van der Waals surface area contributed by atoms with Crippen molar-refractivity contribution >= 4 is 5.97 Å². The maximum absolute atomic E-state index is 11.6. The second-order valence-corrected chi connectivity index (χ2v) is 6.46. The lowest BCUT2D eigenvalue weighted by atomic mass is 9.94. The van der Waals surface area contributed by atoms with Crippen LogP contribution in [0.3, 0.4) is 0 Å². The fourth-order valence-electron chi connectivity index (χ4n) is 2.55. The third kappa shape index (κ3) is 4.21. The number of hydrogen-bond donors (Lipinski definition) is 2. The fraction of sp³-hybridized carbons (Fsp3) is 0.588. The van der Waals surface area contributed by atoms with E-state index in [9.17, 15) is 9.90 Å². The van der Waals surface area contributed by atoms with E-state index in [-0.39, 0.29) is 6.10 Å². The summed E-state index contributed by atoms with van der Waals surface area (Å²) in [5, 5.41) is 12.7. The van der Waals surface area contributed by atoms with Gasteiger partial charge in [-0.2, -0.15) is 0 Å². The van der Waals surface area contributed by atoms with E-state index in [1.807, 2.05) is 39.0 Å². The van der Waals surface area contributed by atoms with Crippen LogP contribution < -0.4 is 10.1 Å². The lowest BCUT2D eigenvalue weighted by molar-refractivity contribution is -0.145. The number of nitrogens with one attached hydrogen (secondary N) is 1. The minimum atomic E-state index is -0.932. The number of carboxylic acid groups (broad SMARTS) is 1. The van der Waals surface area contributed by atoms with Gasteiger partial charge in [0.25, 0.3) is 0 Å². The summed E-state index contributed by atoms with van der Waals surface area (Å²) < 4.78 is 5.97. The Morgan fingerprint density at radius 3 is 2.71 bits per heavy atom. The van der Waals surface area contributed by atoms with E-state index in [2.05, 4.69) is 5.32 Å². The predicted octanol–water partition coefficient (Wildman–Crippen LogP) is 3.06. The molecule has 116 valence electrons. The van der Waals surface area contributed by atoms with E-state index < -0.39 is 11.5 Å². The highest BCUT2D eigenvalue weighted by Crippen LogP contribution is 2.27. The molecule has 0 amide bonds. The van der Waals surface area contributed by atoms with Crippen LogP contribution in [0.25, 0.3) is 0 Å². The van der Waals surface area contributed by atoms with Gasteiger partial charge in [-0.05, 0) is 57.7 Å². The predicted molar refractivity (Wildman–Crippen MR) is 82.8 cm³/mol. The number of carboxylic acids is 1. The highest BCUT2D eigenvalue weighted by Gasteiger charge is 2.40. The Morgan fingerprint density at radius 2 is 2.14 bits per heavy atom. The molecule has 0 heterocycles. The van der Waals surface area contributed by atoms with Crippen LogP contribution in [0.4, 0.5) is 0 Å². The molecule has 0 bridgehead atoms. The first-order valence-corrected chi connectivity index (χ1v) is 7.55. The first-order valence-electron chi connectivity index (χ1n) is 7.55. The quantitative estimate of drug-likeness (QED) is 0.810. The Labute approximate surface area is 126 Å². The number of rotatable bonds is 7. The number of aliphatic carboxylic acids is 1. The Kier molecular flexibility index (Phi) is 4.57. The second kappa shape index (κ2) is 6.06. The Bertz CT molecular complexity index is 525. The molecule has 2 N–H and O–H groups in total. The van der Waals surface area contributed by atoms with Crippen molar-refractivity contribution in [2.45, 2.75) is 64.6 Å². The molecule has 0 spiro atoms. The molecule has 2 unspecified atom stereocenters. The Hall–Kier alpha value is -1.55. The van der Waals surface area contributed by atoms with Crippen molar-refractivity contribution in [3.63, 3.8) is 0 Å². The summed E-state index contributed by atoms with van der Waals surface area (Å²) in [6.45, 7) is 7.70. The third-order valence-electron chi connectivity index (χ3n) is 3.94. The number of benzene rings is 1. The van der Waals surface area contributed by atoms with Gasteiger partial charge >= 0.3 is 5.97 Å². The van der Waals surface area contributed by atoms with Crippen LogP contribution >= 0.6 is 0 Å². The zero-order valence-corrected chi connectivity index (χ0v) is 13.3. The number of hydrogen-bond acceptors (Lipinski definition) is 3. The smallest absolute Gasteiger partial charge is 0.323 e. The van der Waals surface area contributed by atoms with Gasteiger partial charge in [-0.3, -0.25) is 10.1 Å². The number of carbonyl (C=O) groups is 1. The van der Waals surface area contributed by atoms with E-state index in [1.165, 1.54) is 0 Å². The van der Waals surface area contributed by atoms with Crippen LogP contribution in [0.1, 0.15) is 44.2 Å². The monoisotopic (exact) mass is 291 g/mol. The minimum Gasteiger partial charge on any atom is -0.490 e. The van der Waals surface area contributed by atoms with Crippen LogP contribution in [-0.2, 0) is 4.79 Å². The maximum Gasteiger partial charge on any atom is 0.323 e. The van der Waals surface area contributed by atoms with Crippen molar-refractivity contribution in [3.05, 3.63) is 29.3 Å². The van der Waals surface area contributed by atoms with Crippen molar-refractivity contribution in [2.24, 2.45) is 0 Å². The first-order chi connectivity index (χ1) is 9.80. The van der Waals surface area contributed by atoms with E-state index in [1.54, 1.807) is 6.92 Å². The molecule has 1 aliphatic rings. The van der Waals surface area contributed by atoms with Crippen molar-refractivity contribution in [3.8, 4) is 5.75 Å². The van der Waals surface area contributed by atoms with E-state index in [4.69, 9.17) is 4.74 Å². The van der Waals surface area contributed by atoms with Gasteiger partial charge in [-0.1, -0.05) is 12.1 Å². The van der Waals surface area contributed by atoms with Crippen molar-refractivity contribution < 1.29 is 14.6 Å². The standard InChI is InChI=1S/C17H25NO3/c1-11-5-6-12(2)15(9-11)21-13(3)10-17(4,16(19)20)18-14-7-8-14/h5-6,9,13-14,18H,7-8,10H2,1-4H3,(H,19,20). The molecule has 1 fully saturated rings. The summed E-state index contributed by atoms with van der Waals surface area (Å²) in [6.07, 6.45) is 2.40. The molecule has 1 aromatic carbocycles. The lowest BCUT2D eigenvalue weighted by Gasteiger charge is -2.30. The SMILES string of the molecule is Cc1ccc(C)c(OC(C)CC(C)(NC2CC2)C(=O)O)c1. The van der Waals surface area contributed by atoms with Crippen LogP contribution in [-0.4, -0.2) is 28.8 Å². The largest absolute Gasteiger partial charge is 0.490 e. The van der Waals surface area contributed by atoms with Crippen LogP contribution in [0.5, 0.6) is 5.75 Å². The second-order valence-electron chi connectivity index (χ2n) is 6.46. The normalized spacial score (nSPS) is 18.9. The molecule has 0 radical (unpaired) electrons. The van der Waals surface area contributed by atoms with Crippen molar-refractivity contribution in [1.29, 1.82) is 0 Å². The zero-order valence-electron chi connectivity index (χ0n) is 13.3. The molecule has 21 heavy (non-hydrogen) atoms. The molecule has 4 nitrogen and oxygen atoms in total. The number of ether oxygens (including phenoxy) is 1. The molecule has 0 aliphatic heterocycles. The number of aryl methyl sites for hydroxylation is 2. The Balaban J connectivity index is 2.03. The highest BCUT2D eigenvalue weighted by atomic mass is 16.5. The van der Waals surface area contributed by atoms with Gasteiger partial charge < -0.3 is 9.84 Å². The molecule has 0 aromatic heterocycles. The topological polar surface area (TPSA) is 58.6 Å². The van der Waals surface area contributed by atoms with Gasteiger partial charge in [-0.25, -0.2) is 0 Å². The summed E-state index contributed by atoms with van der Waals surface area (Å²) in [7, 11) is 0. The summed E-state index contributed by atoms with van der Waals surface area (Å²) in [6, 6.07) is 6.41. The average molecular weight is 291 g/mol. The maximum atomic E-state index is 11.6. The summed E-state index contributed by atoms with van der Waals surface area (Å²) in [5.41, 5.74) is 1.28. The summed E-state index contributed by atoms with van der Waals surface area (Å²) >= 11 is 0. The van der Waals surface area contributed by atoms with E-state index in [0.717, 1.165) is 29.7 Å². The van der Waals surface area contributed by atoms with Gasteiger partial charge in [0.1, 0.15) is 11.3 Å². The highest BCUT2D eigenvalue weighted by molar-refractivity contribution is 5.78. The molecular weight excluding hydrogens is 266 g/mol. The molecule has 1 aliphatic carbocycles. The van der Waals surface area contributed by atoms with Crippen LogP contribution in [0, 0.1) is 13.8 Å². The molecule has 1 saturated carbocycles. The molecule has 0 saturated heterocycles. The molecule has 2 atom stereocenters. The van der Waals surface area contributed by atoms with Crippen LogP contribution in [0.2, 0.25) is 0 Å². The molecular formula is C17H25NO3. The Morgan fingerprint density at radius 1 is 1.48 bits per heavy atom. The van der Waals surface area contributed by atoms with Gasteiger partial charge in [0, 0.05) is 12.5 Å². The third-order valence-corrected chi connectivity index (χ3v) is 3.94. The summed E-state index contributed by atoms with van der Waals surface area (Å²) in [4.78, 5) is 11.6. The van der Waals surface area contributed by atoms with E-state index in [0.29, 0.717) is 12.5 Å². The van der Waals surface area contributed by atoms with Gasteiger partial charge in [-0.15, -0.1) is 0 Å². The average Bonchev–Trinajstić information content (AvgIpc) is 3.17. The fourth-order valence-corrected chi connectivity index (χ4v) is 2.55.